The van der Waals surface area contributed by atoms with Gasteiger partial charge in [-0.2, -0.15) is 0 Å². The zero-order chi connectivity index (χ0) is 14.0. The predicted octanol–water partition coefficient (Wildman–Crippen LogP) is 1.71. The molecule has 2 saturated heterocycles. The molecule has 0 spiro atoms. The highest BCUT2D eigenvalue weighted by Crippen LogP contribution is 2.34. The van der Waals surface area contributed by atoms with Crippen molar-refractivity contribution >= 4 is 11.9 Å². The topological polar surface area (TPSA) is 49.3 Å². The molecular formula is C15H22N4O. The molecule has 2 aliphatic rings. The Morgan fingerprint density at radius 3 is 2.30 bits per heavy atom. The van der Waals surface area contributed by atoms with Crippen molar-refractivity contribution in [2.75, 3.05) is 31.1 Å². The molecule has 108 valence electrons. The van der Waals surface area contributed by atoms with Gasteiger partial charge in [-0.15, -0.1) is 0 Å². The molecule has 0 radical (unpaired) electrons. The second-order valence-corrected chi connectivity index (χ2v) is 6.10. The maximum Gasteiger partial charge on any atom is 0.228 e. The minimum absolute atomic E-state index is 0.199. The minimum Gasteiger partial charge on any atom is -0.342 e. The average Bonchev–Trinajstić information content (AvgIpc) is 3.02. The van der Waals surface area contributed by atoms with Gasteiger partial charge >= 0.3 is 0 Å². The first-order valence-electron chi connectivity index (χ1n) is 7.50. The number of nitrogens with zero attached hydrogens (tertiary/aromatic N) is 4. The van der Waals surface area contributed by atoms with Crippen LogP contribution in [0.25, 0.3) is 0 Å². The maximum absolute atomic E-state index is 12.6. The van der Waals surface area contributed by atoms with Crippen molar-refractivity contribution in [2.24, 2.45) is 5.41 Å². The number of amides is 1. The monoisotopic (exact) mass is 274 g/mol. The molecule has 5 nitrogen and oxygen atoms in total. The van der Waals surface area contributed by atoms with Gasteiger partial charge in [0.15, 0.2) is 0 Å². The Morgan fingerprint density at radius 1 is 1.10 bits per heavy atom. The van der Waals surface area contributed by atoms with E-state index in [1.54, 1.807) is 12.4 Å². The van der Waals surface area contributed by atoms with Gasteiger partial charge in [0.05, 0.1) is 0 Å². The van der Waals surface area contributed by atoms with Crippen LogP contribution >= 0.6 is 0 Å². The second kappa shape index (κ2) is 5.38. The van der Waals surface area contributed by atoms with Gasteiger partial charge in [0.2, 0.25) is 11.9 Å². The molecule has 1 aromatic rings. The molecule has 2 aliphatic heterocycles. The third-order valence-electron chi connectivity index (χ3n) is 4.61. The predicted molar refractivity (Wildman–Crippen MR) is 77.4 cm³/mol. The van der Waals surface area contributed by atoms with Gasteiger partial charge in [-0.25, -0.2) is 9.97 Å². The summed E-state index contributed by atoms with van der Waals surface area (Å²) >= 11 is 0. The lowest BCUT2D eigenvalue weighted by atomic mass is 9.79. The van der Waals surface area contributed by atoms with E-state index in [0.29, 0.717) is 5.91 Å². The molecule has 1 aromatic heterocycles. The second-order valence-electron chi connectivity index (χ2n) is 6.10. The van der Waals surface area contributed by atoms with E-state index in [2.05, 4.69) is 26.7 Å². The quantitative estimate of drug-likeness (QED) is 0.823. The van der Waals surface area contributed by atoms with Crippen molar-refractivity contribution in [1.29, 1.82) is 0 Å². The molecule has 0 aliphatic carbocycles. The molecule has 5 heteroatoms. The van der Waals surface area contributed by atoms with E-state index in [0.717, 1.165) is 57.8 Å². The average molecular weight is 274 g/mol. The Hall–Kier alpha value is -1.65. The fourth-order valence-electron chi connectivity index (χ4n) is 3.17. The standard InChI is InChI=1S/C15H22N4O/c1-15(13(20)18-9-2-3-10-18)5-11-19(12-6-15)14-16-7-4-8-17-14/h4,7-8H,2-3,5-6,9-12H2,1H3. The number of carbonyl (C=O) groups is 1. The van der Waals surface area contributed by atoms with Crippen molar-refractivity contribution < 1.29 is 4.79 Å². The van der Waals surface area contributed by atoms with E-state index in [9.17, 15) is 4.79 Å². The van der Waals surface area contributed by atoms with E-state index in [4.69, 9.17) is 0 Å². The van der Waals surface area contributed by atoms with E-state index in [1.165, 1.54) is 0 Å². The van der Waals surface area contributed by atoms with Gasteiger partial charge in [0.1, 0.15) is 0 Å². The molecule has 1 amide bonds. The van der Waals surface area contributed by atoms with Crippen LogP contribution in [0.15, 0.2) is 18.5 Å². The highest BCUT2D eigenvalue weighted by atomic mass is 16.2. The summed E-state index contributed by atoms with van der Waals surface area (Å²) in [7, 11) is 0. The molecule has 0 unspecified atom stereocenters. The third kappa shape index (κ3) is 2.49. The first-order chi connectivity index (χ1) is 9.69. The lowest BCUT2D eigenvalue weighted by Crippen LogP contribution is -2.48. The fraction of sp³-hybridized carbons (Fsp3) is 0.667. The summed E-state index contributed by atoms with van der Waals surface area (Å²) in [6.07, 6.45) is 7.63. The maximum atomic E-state index is 12.6. The smallest absolute Gasteiger partial charge is 0.228 e. The Labute approximate surface area is 120 Å². The van der Waals surface area contributed by atoms with Crippen LogP contribution in [0.5, 0.6) is 0 Å². The Kier molecular flexibility index (Phi) is 3.59. The zero-order valence-corrected chi connectivity index (χ0v) is 12.1. The summed E-state index contributed by atoms with van der Waals surface area (Å²) in [5.41, 5.74) is -0.199. The lowest BCUT2D eigenvalue weighted by molar-refractivity contribution is -0.141. The van der Waals surface area contributed by atoms with Crippen LogP contribution in [0, 0.1) is 5.41 Å². The SMILES string of the molecule is CC1(C(=O)N2CCCC2)CCN(c2ncccn2)CC1. The molecule has 3 heterocycles. The molecule has 0 saturated carbocycles. The van der Waals surface area contributed by atoms with Crippen molar-refractivity contribution in [1.82, 2.24) is 14.9 Å². The van der Waals surface area contributed by atoms with E-state index in [-0.39, 0.29) is 5.41 Å². The van der Waals surface area contributed by atoms with Crippen LogP contribution < -0.4 is 4.90 Å². The van der Waals surface area contributed by atoms with Crippen LogP contribution in [0.3, 0.4) is 0 Å². The number of likely N-dealkylation sites (tertiary alicyclic amines) is 1. The Balaban J connectivity index is 1.63. The largest absolute Gasteiger partial charge is 0.342 e. The van der Waals surface area contributed by atoms with Gasteiger partial charge in [-0.3, -0.25) is 4.79 Å². The fourth-order valence-corrected chi connectivity index (χ4v) is 3.17. The highest BCUT2D eigenvalue weighted by Gasteiger charge is 2.40. The third-order valence-corrected chi connectivity index (χ3v) is 4.61. The van der Waals surface area contributed by atoms with Gasteiger partial charge < -0.3 is 9.80 Å². The highest BCUT2D eigenvalue weighted by molar-refractivity contribution is 5.83. The Morgan fingerprint density at radius 2 is 1.70 bits per heavy atom. The lowest BCUT2D eigenvalue weighted by Gasteiger charge is -2.40. The van der Waals surface area contributed by atoms with Crippen molar-refractivity contribution in [2.45, 2.75) is 32.6 Å². The molecule has 0 atom stereocenters. The van der Waals surface area contributed by atoms with Crippen LogP contribution in [-0.2, 0) is 4.79 Å². The van der Waals surface area contributed by atoms with Crippen LogP contribution in [-0.4, -0.2) is 47.0 Å². The van der Waals surface area contributed by atoms with Crippen molar-refractivity contribution in [3.8, 4) is 0 Å². The van der Waals surface area contributed by atoms with Gasteiger partial charge in [-0.1, -0.05) is 6.92 Å². The van der Waals surface area contributed by atoms with Crippen LogP contribution in [0.1, 0.15) is 32.6 Å². The first-order valence-corrected chi connectivity index (χ1v) is 7.50. The van der Waals surface area contributed by atoms with Crippen molar-refractivity contribution in [3.05, 3.63) is 18.5 Å². The first kappa shape index (κ1) is 13.3. The van der Waals surface area contributed by atoms with Gasteiger partial charge in [0.25, 0.3) is 0 Å². The minimum atomic E-state index is -0.199. The van der Waals surface area contributed by atoms with E-state index < -0.39 is 0 Å². The summed E-state index contributed by atoms with van der Waals surface area (Å²) in [5, 5.41) is 0. The van der Waals surface area contributed by atoms with E-state index in [1.807, 2.05) is 6.07 Å². The van der Waals surface area contributed by atoms with E-state index >= 15 is 0 Å². The van der Waals surface area contributed by atoms with Crippen LogP contribution in [0.4, 0.5) is 5.95 Å². The number of rotatable bonds is 2. The molecule has 0 bridgehead atoms. The van der Waals surface area contributed by atoms with Gasteiger partial charge in [0, 0.05) is 44.0 Å². The molecule has 0 aromatic carbocycles. The molecule has 0 N–H and O–H groups in total. The summed E-state index contributed by atoms with van der Waals surface area (Å²) in [5.74, 6) is 1.13. The summed E-state index contributed by atoms with van der Waals surface area (Å²) in [6, 6.07) is 1.83. The molecule has 20 heavy (non-hydrogen) atoms. The Bertz CT molecular complexity index is 462. The number of hydrogen-bond donors (Lipinski definition) is 0. The summed E-state index contributed by atoms with van der Waals surface area (Å²) in [6.45, 7) is 5.73. The molecular weight excluding hydrogens is 252 g/mol. The zero-order valence-electron chi connectivity index (χ0n) is 12.1. The molecule has 3 rings (SSSR count). The molecule has 2 fully saturated rings. The van der Waals surface area contributed by atoms with Gasteiger partial charge in [-0.05, 0) is 31.7 Å². The summed E-state index contributed by atoms with van der Waals surface area (Å²) < 4.78 is 0. The number of aromatic nitrogens is 2. The van der Waals surface area contributed by atoms with Crippen molar-refractivity contribution in [3.63, 3.8) is 0 Å². The number of piperidine rings is 1. The summed E-state index contributed by atoms with van der Waals surface area (Å²) in [4.78, 5) is 25.5. The number of anilines is 1. The number of carbonyl (C=O) groups excluding carboxylic acids is 1. The van der Waals surface area contributed by atoms with Crippen LogP contribution in [0.2, 0.25) is 0 Å². The normalized spacial score (nSPS) is 22.1. The number of hydrogen-bond acceptors (Lipinski definition) is 4.